The first-order chi connectivity index (χ1) is 7.73. The zero-order chi connectivity index (χ0) is 13.2. The summed E-state index contributed by atoms with van der Waals surface area (Å²) in [5.74, 6) is -3.91. The van der Waals surface area contributed by atoms with Crippen molar-refractivity contribution in [2.24, 2.45) is 5.73 Å². The molecule has 0 aliphatic carbocycles. The number of halogens is 2. The molecule has 1 unspecified atom stereocenters. The van der Waals surface area contributed by atoms with Crippen LogP contribution in [0.15, 0.2) is 18.2 Å². The lowest BCUT2D eigenvalue weighted by Crippen LogP contribution is -2.40. The molecule has 3 nitrogen and oxygen atoms in total. The van der Waals surface area contributed by atoms with Crippen molar-refractivity contribution < 1.29 is 18.7 Å². The topological polar surface area (TPSA) is 63.3 Å². The third-order valence-corrected chi connectivity index (χ3v) is 2.63. The van der Waals surface area contributed by atoms with E-state index in [2.05, 4.69) is 0 Å². The summed E-state index contributed by atoms with van der Waals surface area (Å²) in [5.41, 5.74) is 4.88. The number of hydrogen-bond acceptors (Lipinski definition) is 2. The lowest BCUT2D eigenvalue weighted by Gasteiger charge is -2.30. The van der Waals surface area contributed by atoms with Gasteiger partial charge in [-0.15, -0.1) is 0 Å². The van der Waals surface area contributed by atoms with E-state index in [4.69, 9.17) is 10.8 Å². The Labute approximate surface area is 98.2 Å². The van der Waals surface area contributed by atoms with Gasteiger partial charge >= 0.3 is 5.97 Å². The minimum Gasteiger partial charge on any atom is -0.481 e. The molecule has 5 heteroatoms. The van der Waals surface area contributed by atoms with Crippen LogP contribution in [0.4, 0.5) is 8.78 Å². The van der Waals surface area contributed by atoms with Gasteiger partial charge in [0.1, 0.15) is 0 Å². The summed E-state index contributed by atoms with van der Waals surface area (Å²) in [7, 11) is 0. The van der Waals surface area contributed by atoms with Crippen LogP contribution in [0.1, 0.15) is 31.7 Å². The fraction of sp³-hybridized carbons (Fsp3) is 0.417. The molecule has 0 heterocycles. The smallest absolute Gasteiger partial charge is 0.304 e. The highest BCUT2D eigenvalue weighted by molar-refractivity contribution is 5.68. The largest absolute Gasteiger partial charge is 0.481 e. The zero-order valence-electron chi connectivity index (χ0n) is 9.71. The van der Waals surface area contributed by atoms with Gasteiger partial charge in [-0.05, 0) is 25.5 Å². The molecule has 1 aromatic carbocycles. The number of carboxylic acids is 1. The minimum absolute atomic E-state index is 0.0000926. The van der Waals surface area contributed by atoms with E-state index >= 15 is 0 Å². The molecular weight excluding hydrogens is 228 g/mol. The first-order valence-corrected chi connectivity index (χ1v) is 5.18. The van der Waals surface area contributed by atoms with E-state index in [1.165, 1.54) is 12.1 Å². The van der Waals surface area contributed by atoms with E-state index in [1.54, 1.807) is 13.8 Å². The molecule has 1 atom stereocenters. The van der Waals surface area contributed by atoms with Crippen molar-refractivity contribution in [3.05, 3.63) is 35.4 Å². The normalized spacial score (nSPS) is 13.5. The van der Waals surface area contributed by atoms with Crippen LogP contribution in [-0.4, -0.2) is 16.6 Å². The number of nitrogens with two attached hydrogens (primary N) is 1. The van der Waals surface area contributed by atoms with Gasteiger partial charge in [-0.25, -0.2) is 8.78 Å². The minimum atomic E-state index is -1.10. The van der Waals surface area contributed by atoms with Crippen LogP contribution in [0.5, 0.6) is 0 Å². The average molecular weight is 243 g/mol. The molecule has 0 spiro atoms. The number of rotatable bonds is 4. The third-order valence-electron chi connectivity index (χ3n) is 2.63. The molecular formula is C12H15F2NO2. The predicted molar refractivity (Wildman–Crippen MR) is 59.6 cm³/mol. The van der Waals surface area contributed by atoms with Crippen molar-refractivity contribution in [2.75, 3.05) is 0 Å². The lowest BCUT2D eigenvalue weighted by molar-refractivity contribution is -0.137. The summed E-state index contributed by atoms with van der Waals surface area (Å²) in [6.45, 7) is 3.18. The Morgan fingerprint density at radius 1 is 1.47 bits per heavy atom. The molecule has 0 radical (unpaired) electrons. The van der Waals surface area contributed by atoms with Gasteiger partial charge in [0.15, 0.2) is 11.6 Å². The molecule has 1 aromatic rings. The van der Waals surface area contributed by atoms with Crippen molar-refractivity contribution in [1.82, 2.24) is 0 Å². The molecule has 0 saturated heterocycles. The highest BCUT2D eigenvalue weighted by Gasteiger charge is 2.31. The van der Waals surface area contributed by atoms with Crippen LogP contribution in [0.2, 0.25) is 0 Å². The number of hydrogen-bond donors (Lipinski definition) is 2. The fourth-order valence-electron chi connectivity index (χ4n) is 1.74. The fourth-order valence-corrected chi connectivity index (χ4v) is 1.74. The Morgan fingerprint density at radius 2 is 2.06 bits per heavy atom. The number of carboxylic acid groups (broad SMARTS) is 1. The number of benzene rings is 1. The van der Waals surface area contributed by atoms with Gasteiger partial charge in [-0.3, -0.25) is 4.79 Å². The quantitative estimate of drug-likeness (QED) is 0.852. The van der Waals surface area contributed by atoms with Crippen LogP contribution < -0.4 is 5.73 Å². The zero-order valence-corrected chi connectivity index (χ0v) is 9.71. The first kappa shape index (κ1) is 13.6. The molecule has 94 valence electrons. The van der Waals surface area contributed by atoms with Crippen LogP contribution in [0.3, 0.4) is 0 Å². The third kappa shape index (κ3) is 3.23. The molecule has 0 amide bonds. The number of carbonyl (C=O) groups is 1. The van der Waals surface area contributed by atoms with Gasteiger partial charge in [-0.1, -0.05) is 12.1 Å². The van der Waals surface area contributed by atoms with Crippen LogP contribution >= 0.6 is 0 Å². The monoisotopic (exact) mass is 243 g/mol. The van der Waals surface area contributed by atoms with Crippen molar-refractivity contribution in [3.63, 3.8) is 0 Å². The summed E-state index contributed by atoms with van der Waals surface area (Å²) in [4.78, 5) is 10.8. The standard InChI is InChI=1S/C12H15F2NO2/c1-12(2,15)8(6-10(16)17)7-4-3-5-9(13)11(7)14/h3-5,8H,6,15H2,1-2H3,(H,16,17). The van der Waals surface area contributed by atoms with E-state index in [1.807, 2.05) is 0 Å². The van der Waals surface area contributed by atoms with Gasteiger partial charge < -0.3 is 10.8 Å². The predicted octanol–water partition coefficient (Wildman–Crippen LogP) is 2.26. The van der Waals surface area contributed by atoms with E-state index in [9.17, 15) is 13.6 Å². The maximum atomic E-state index is 13.6. The summed E-state index contributed by atoms with van der Waals surface area (Å²) >= 11 is 0. The summed E-state index contributed by atoms with van der Waals surface area (Å²) < 4.78 is 26.7. The SMILES string of the molecule is CC(C)(N)C(CC(=O)O)c1cccc(F)c1F. The second-order valence-electron chi connectivity index (χ2n) is 4.61. The molecule has 0 aliphatic rings. The van der Waals surface area contributed by atoms with E-state index in [-0.39, 0.29) is 12.0 Å². The van der Waals surface area contributed by atoms with Gasteiger partial charge in [0, 0.05) is 11.5 Å². The molecule has 0 saturated carbocycles. The molecule has 0 bridgehead atoms. The summed E-state index contributed by atoms with van der Waals surface area (Å²) in [6.07, 6.45) is -0.343. The van der Waals surface area contributed by atoms with Gasteiger partial charge in [0.05, 0.1) is 6.42 Å². The van der Waals surface area contributed by atoms with Gasteiger partial charge in [0.2, 0.25) is 0 Å². The second-order valence-corrected chi connectivity index (χ2v) is 4.61. The van der Waals surface area contributed by atoms with Crippen LogP contribution in [-0.2, 0) is 4.79 Å². The van der Waals surface area contributed by atoms with E-state index in [0.29, 0.717) is 0 Å². The maximum Gasteiger partial charge on any atom is 0.304 e. The Bertz CT molecular complexity index is 427. The summed E-state index contributed by atoms with van der Waals surface area (Å²) in [5, 5.41) is 8.80. The van der Waals surface area contributed by atoms with E-state index in [0.717, 1.165) is 6.07 Å². The second kappa shape index (κ2) is 4.79. The highest BCUT2D eigenvalue weighted by Crippen LogP contribution is 2.32. The average Bonchev–Trinajstić information content (AvgIpc) is 2.17. The van der Waals surface area contributed by atoms with Crippen LogP contribution in [0, 0.1) is 11.6 Å². The highest BCUT2D eigenvalue weighted by atomic mass is 19.2. The lowest BCUT2D eigenvalue weighted by atomic mass is 9.80. The Morgan fingerprint density at radius 3 is 2.53 bits per heavy atom. The number of aliphatic carboxylic acids is 1. The Balaban J connectivity index is 3.22. The van der Waals surface area contributed by atoms with Gasteiger partial charge in [0.25, 0.3) is 0 Å². The van der Waals surface area contributed by atoms with Crippen molar-refractivity contribution in [2.45, 2.75) is 31.7 Å². The van der Waals surface area contributed by atoms with Crippen molar-refractivity contribution >= 4 is 5.97 Å². The van der Waals surface area contributed by atoms with Crippen molar-refractivity contribution in [1.29, 1.82) is 0 Å². The first-order valence-electron chi connectivity index (χ1n) is 5.18. The van der Waals surface area contributed by atoms with Gasteiger partial charge in [-0.2, -0.15) is 0 Å². The molecule has 1 rings (SSSR count). The Hall–Kier alpha value is -1.49. The molecule has 0 fully saturated rings. The summed E-state index contributed by atoms with van der Waals surface area (Å²) in [6, 6.07) is 3.69. The van der Waals surface area contributed by atoms with Crippen molar-refractivity contribution in [3.8, 4) is 0 Å². The molecule has 0 aliphatic heterocycles. The Kier molecular flexibility index (Phi) is 3.83. The molecule has 3 N–H and O–H groups in total. The molecule has 0 aromatic heterocycles. The van der Waals surface area contributed by atoms with Crippen LogP contribution in [0.25, 0.3) is 0 Å². The maximum absolute atomic E-state index is 13.6. The molecule has 17 heavy (non-hydrogen) atoms. The van der Waals surface area contributed by atoms with E-state index < -0.39 is 29.1 Å².